The van der Waals surface area contributed by atoms with Crippen molar-refractivity contribution < 1.29 is 4.79 Å². The van der Waals surface area contributed by atoms with Gasteiger partial charge in [-0.05, 0) is 57.4 Å². The first-order chi connectivity index (χ1) is 15.1. The second-order valence-corrected chi connectivity index (χ2v) is 8.29. The molecular formula is C28H34N2O. The Morgan fingerprint density at radius 3 is 2.65 bits per heavy atom. The van der Waals surface area contributed by atoms with Crippen molar-refractivity contribution in [3.8, 4) is 0 Å². The molecule has 0 aromatic heterocycles. The Balaban J connectivity index is 1.63. The quantitative estimate of drug-likeness (QED) is 0.373. The molecule has 1 aliphatic heterocycles. The minimum Gasteiger partial charge on any atom is -0.345 e. The van der Waals surface area contributed by atoms with Gasteiger partial charge in [0.2, 0.25) is 0 Å². The van der Waals surface area contributed by atoms with Crippen LogP contribution in [0, 0.1) is 6.92 Å². The fraction of sp³-hybridized carbons (Fsp3) is 0.321. The van der Waals surface area contributed by atoms with E-state index in [0.717, 1.165) is 44.3 Å². The molecule has 3 heteroatoms. The highest BCUT2D eigenvalue weighted by Crippen LogP contribution is 2.31. The summed E-state index contributed by atoms with van der Waals surface area (Å²) in [4.78, 5) is 17.2. The Morgan fingerprint density at radius 1 is 1.10 bits per heavy atom. The predicted molar refractivity (Wildman–Crippen MR) is 132 cm³/mol. The maximum absolute atomic E-state index is 12.6. The van der Waals surface area contributed by atoms with E-state index in [9.17, 15) is 4.79 Å². The molecule has 2 aromatic carbocycles. The number of ketones is 1. The third-order valence-electron chi connectivity index (χ3n) is 5.75. The number of hydrogen-bond donors (Lipinski definition) is 0. The number of aryl methyl sites for hydroxylation is 2. The molecule has 162 valence electrons. The van der Waals surface area contributed by atoms with Crippen molar-refractivity contribution in [3.63, 3.8) is 0 Å². The average Bonchev–Trinajstić information content (AvgIpc) is 2.94. The molecule has 0 aliphatic carbocycles. The number of rotatable bonds is 9. The van der Waals surface area contributed by atoms with Crippen molar-refractivity contribution in [3.05, 3.63) is 102 Å². The maximum atomic E-state index is 12.6. The Hall–Kier alpha value is -2.91. The number of fused-ring (bicyclic) bond motifs is 1. The predicted octanol–water partition coefficient (Wildman–Crippen LogP) is 5.97. The fourth-order valence-electron chi connectivity index (χ4n) is 4.07. The molecule has 0 saturated heterocycles. The molecule has 0 radical (unpaired) electrons. The number of carbonyl (C=O) groups is 1. The summed E-state index contributed by atoms with van der Waals surface area (Å²) in [6, 6.07) is 16.6. The van der Waals surface area contributed by atoms with Gasteiger partial charge < -0.3 is 4.90 Å². The normalized spacial score (nSPS) is 15.3. The molecule has 1 aliphatic rings. The van der Waals surface area contributed by atoms with Gasteiger partial charge in [0.15, 0.2) is 5.78 Å². The van der Waals surface area contributed by atoms with E-state index in [1.54, 1.807) is 0 Å². The van der Waals surface area contributed by atoms with Gasteiger partial charge in [0.25, 0.3) is 0 Å². The molecular weight excluding hydrogens is 380 g/mol. The molecule has 0 amide bonds. The van der Waals surface area contributed by atoms with Gasteiger partial charge in [-0.15, -0.1) is 0 Å². The van der Waals surface area contributed by atoms with E-state index in [-0.39, 0.29) is 5.78 Å². The number of allylic oxidation sites excluding steroid dienone is 5. The van der Waals surface area contributed by atoms with E-state index < -0.39 is 0 Å². The number of carbonyl (C=O) groups excluding carboxylic acids is 1. The van der Waals surface area contributed by atoms with E-state index in [1.807, 2.05) is 50.4 Å². The second kappa shape index (κ2) is 11.5. The van der Waals surface area contributed by atoms with Crippen LogP contribution in [0.3, 0.4) is 0 Å². The Bertz CT molecular complexity index is 940. The molecule has 2 aromatic rings. The van der Waals surface area contributed by atoms with Crippen LogP contribution in [-0.2, 0) is 6.42 Å². The number of hydrogen-bond acceptors (Lipinski definition) is 3. The highest BCUT2D eigenvalue weighted by atomic mass is 16.1. The summed E-state index contributed by atoms with van der Waals surface area (Å²) in [6.45, 7) is 8.08. The molecule has 31 heavy (non-hydrogen) atoms. The lowest BCUT2D eigenvalue weighted by molar-refractivity contribution is 0.0946. The molecule has 3 rings (SSSR count). The van der Waals surface area contributed by atoms with Crippen LogP contribution in [0.25, 0.3) is 0 Å². The second-order valence-electron chi connectivity index (χ2n) is 8.29. The molecule has 0 N–H and O–H groups in total. The molecule has 0 unspecified atom stereocenters. The van der Waals surface area contributed by atoms with E-state index in [0.29, 0.717) is 6.54 Å². The maximum Gasteiger partial charge on any atom is 0.176 e. The van der Waals surface area contributed by atoms with Crippen LogP contribution >= 0.6 is 0 Å². The van der Waals surface area contributed by atoms with Crippen LogP contribution in [0.4, 0.5) is 5.69 Å². The smallest absolute Gasteiger partial charge is 0.176 e. The van der Waals surface area contributed by atoms with Gasteiger partial charge in [-0.3, -0.25) is 9.69 Å². The molecule has 3 nitrogen and oxygen atoms in total. The minimum atomic E-state index is 0.178. The summed E-state index contributed by atoms with van der Waals surface area (Å²) < 4.78 is 0. The van der Waals surface area contributed by atoms with Gasteiger partial charge in [-0.1, -0.05) is 72.8 Å². The standard InChI is InChI=1S/C28H34N2O/c1-4-5-6-13-26-14-9-12-24-11-7-8-15-27(24)30(26)21-10-20-29(3)22-28(31)25-18-16-23(2)17-19-25/h4-8,11,13,15-19H,1,9-10,12,14,20-22H2,2-3H3/b6-5-,26-13+. The number of para-hydroxylation sites is 1. The van der Waals surface area contributed by atoms with Crippen LogP contribution in [0.1, 0.15) is 40.7 Å². The number of Topliss-reactive ketones (excluding diaryl/α,β-unsaturated/α-hetero) is 1. The number of nitrogens with zero attached hydrogens (tertiary/aromatic N) is 2. The van der Waals surface area contributed by atoms with E-state index in [4.69, 9.17) is 0 Å². The zero-order valence-corrected chi connectivity index (χ0v) is 18.9. The number of likely N-dealkylation sites (N-methyl/N-ethyl adjacent to an activating group) is 1. The lowest BCUT2D eigenvalue weighted by Gasteiger charge is -2.28. The van der Waals surface area contributed by atoms with Crippen molar-refractivity contribution >= 4 is 11.5 Å². The Kier molecular flexibility index (Phi) is 8.43. The largest absolute Gasteiger partial charge is 0.345 e. The van der Waals surface area contributed by atoms with Crippen LogP contribution in [-0.4, -0.2) is 37.4 Å². The first-order valence-corrected chi connectivity index (χ1v) is 11.2. The van der Waals surface area contributed by atoms with E-state index in [2.05, 4.69) is 52.8 Å². The number of benzene rings is 2. The Labute approximate surface area is 187 Å². The van der Waals surface area contributed by atoms with Crippen molar-refractivity contribution in [2.75, 3.05) is 31.6 Å². The van der Waals surface area contributed by atoms with E-state index in [1.165, 1.54) is 22.5 Å². The lowest BCUT2D eigenvalue weighted by Crippen LogP contribution is -2.31. The van der Waals surface area contributed by atoms with Gasteiger partial charge in [0.05, 0.1) is 6.54 Å². The van der Waals surface area contributed by atoms with Crippen LogP contribution in [0.5, 0.6) is 0 Å². The summed E-state index contributed by atoms with van der Waals surface area (Å²) in [5, 5.41) is 0. The summed E-state index contributed by atoms with van der Waals surface area (Å²) in [5.41, 5.74) is 6.05. The van der Waals surface area contributed by atoms with Gasteiger partial charge >= 0.3 is 0 Å². The monoisotopic (exact) mass is 414 g/mol. The van der Waals surface area contributed by atoms with Crippen LogP contribution < -0.4 is 4.90 Å². The van der Waals surface area contributed by atoms with Gasteiger partial charge in [0.1, 0.15) is 0 Å². The zero-order chi connectivity index (χ0) is 22.1. The summed E-state index contributed by atoms with van der Waals surface area (Å²) in [5.74, 6) is 0.178. The SMILES string of the molecule is C=C/C=C\C=C1/CCCc2ccccc2N1CCCN(C)CC(=O)c1ccc(C)cc1. The summed E-state index contributed by atoms with van der Waals surface area (Å²) in [6.07, 6.45) is 12.4. The fourth-order valence-corrected chi connectivity index (χ4v) is 4.07. The topological polar surface area (TPSA) is 23.6 Å². The zero-order valence-electron chi connectivity index (χ0n) is 18.9. The third-order valence-corrected chi connectivity index (χ3v) is 5.75. The molecule has 0 saturated carbocycles. The molecule has 0 fully saturated rings. The summed E-state index contributed by atoms with van der Waals surface area (Å²) >= 11 is 0. The highest BCUT2D eigenvalue weighted by Gasteiger charge is 2.19. The van der Waals surface area contributed by atoms with Crippen molar-refractivity contribution in [2.45, 2.75) is 32.6 Å². The first kappa shape index (κ1) is 22.8. The van der Waals surface area contributed by atoms with Gasteiger partial charge in [-0.2, -0.15) is 0 Å². The van der Waals surface area contributed by atoms with Crippen LogP contribution in [0.15, 0.2) is 85.1 Å². The Morgan fingerprint density at radius 2 is 1.87 bits per heavy atom. The van der Waals surface area contributed by atoms with Crippen molar-refractivity contribution in [2.24, 2.45) is 0 Å². The lowest BCUT2D eigenvalue weighted by atomic mass is 10.1. The van der Waals surface area contributed by atoms with Gasteiger partial charge in [0, 0.05) is 30.0 Å². The molecule has 0 atom stereocenters. The molecule has 0 spiro atoms. The van der Waals surface area contributed by atoms with Gasteiger partial charge in [-0.25, -0.2) is 0 Å². The number of anilines is 1. The van der Waals surface area contributed by atoms with Crippen molar-refractivity contribution in [1.82, 2.24) is 4.90 Å². The first-order valence-electron chi connectivity index (χ1n) is 11.2. The highest BCUT2D eigenvalue weighted by molar-refractivity contribution is 5.97. The van der Waals surface area contributed by atoms with E-state index >= 15 is 0 Å². The molecule has 0 bridgehead atoms. The average molecular weight is 415 g/mol. The summed E-state index contributed by atoms with van der Waals surface area (Å²) in [7, 11) is 2.03. The third kappa shape index (κ3) is 6.53. The molecule has 1 heterocycles. The minimum absolute atomic E-state index is 0.178. The van der Waals surface area contributed by atoms with Crippen LogP contribution in [0.2, 0.25) is 0 Å². The van der Waals surface area contributed by atoms with Crippen molar-refractivity contribution in [1.29, 1.82) is 0 Å².